The zero-order valence-corrected chi connectivity index (χ0v) is 12.9. The third-order valence-electron chi connectivity index (χ3n) is 3.48. The number of ether oxygens (including phenoxy) is 2. The van der Waals surface area contributed by atoms with Crippen molar-refractivity contribution in [3.63, 3.8) is 0 Å². The highest BCUT2D eigenvalue weighted by Gasteiger charge is 2.25. The average Bonchev–Trinajstić information content (AvgIpc) is 2.37. The van der Waals surface area contributed by atoms with Gasteiger partial charge in [0.15, 0.2) is 0 Å². The largest absolute Gasteiger partial charge is 0.497 e. The molecular weight excluding hydrogens is 278 g/mol. The van der Waals surface area contributed by atoms with Gasteiger partial charge in [-0.3, -0.25) is 0 Å². The average molecular weight is 299 g/mol. The lowest BCUT2D eigenvalue weighted by atomic mass is 10.1. The first-order valence-corrected chi connectivity index (χ1v) is 8.17. The topological polar surface area (TPSA) is 64.6 Å². The van der Waals surface area contributed by atoms with E-state index in [-0.39, 0.29) is 6.04 Å². The maximum Gasteiger partial charge on any atom is 0.241 e. The van der Waals surface area contributed by atoms with Crippen molar-refractivity contribution in [2.75, 3.05) is 20.3 Å². The molecule has 0 amide bonds. The van der Waals surface area contributed by atoms with Crippen LogP contribution in [0.3, 0.4) is 0 Å². The van der Waals surface area contributed by atoms with Crippen LogP contribution in [0.5, 0.6) is 5.75 Å². The molecule has 1 aromatic carbocycles. The number of hydrogen-bond donors (Lipinski definition) is 1. The lowest BCUT2D eigenvalue weighted by Crippen LogP contribution is -2.39. The predicted molar refractivity (Wildman–Crippen MR) is 76.6 cm³/mol. The second-order valence-corrected chi connectivity index (χ2v) is 6.75. The molecule has 0 bridgehead atoms. The second-order valence-electron chi connectivity index (χ2n) is 5.10. The number of nitrogens with one attached hydrogen (secondary N) is 1. The third-order valence-corrected chi connectivity index (χ3v) is 5.31. The Morgan fingerprint density at radius 3 is 2.25 bits per heavy atom. The van der Waals surface area contributed by atoms with E-state index >= 15 is 0 Å². The van der Waals surface area contributed by atoms with Crippen molar-refractivity contribution < 1.29 is 17.9 Å². The highest BCUT2D eigenvalue weighted by atomic mass is 32.2. The van der Waals surface area contributed by atoms with Gasteiger partial charge in [0.2, 0.25) is 10.0 Å². The number of benzene rings is 1. The van der Waals surface area contributed by atoms with Crippen molar-refractivity contribution >= 4 is 10.0 Å². The van der Waals surface area contributed by atoms with Gasteiger partial charge in [-0.2, -0.15) is 0 Å². The molecule has 0 aromatic heterocycles. The van der Waals surface area contributed by atoms with Gasteiger partial charge >= 0.3 is 0 Å². The molecular formula is C14H21NO4S. The lowest BCUT2D eigenvalue weighted by molar-refractivity contribution is 0.0832. The van der Waals surface area contributed by atoms with Crippen LogP contribution in [-0.4, -0.2) is 34.8 Å². The molecule has 1 aliphatic rings. The summed E-state index contributed by atoms with van der Waals surface area (Å²) in [6.45, 7) is 4.78. The van der Waals surface area contributed by atoms with Gasteiger partial charge in [-0.25, -0.2) is 13.1 Å². The van der Waals surface area contributed by atoms with Crippen LogP contribution in [-0.2, 0) is 14.8 Å². The van der Waals surface area contributed by atoms with Crippen molar-refractivity contribution in [3.05, 3.63) is 23.3 Å². The van der Waals surface area contributed by atoms with E-state index in [2.05, 4.69) is 4.72 Å². The van der Waals surface area contributed by atoms with Gasteiger partial charge in [0.05, 0.1) is 12.0 Å². The summed E-state index contributed by atoms with van der Waals surface area (Å²) in [6.07, 6.45) is 1.43. The zero-order valence-electron chi connectivity index (χ0n) is 12.1. The highest BCUT2D eigenvalue weighted by molar-refractivity contribution is 7.89. The van der Waals surface area contributed by atoms with Gasteiger partial charge in [0.1, 0.15) is 5.75 Å². The number of methoxy groups -OCH3 is 1. The summed E-state index contributed by atoms with van der Waals surface area (Å²) >= 11 is 0. The predicted octanol–water partition coefficient (Wildman–Crippen LogP) is 1.77. The molecule has 1 heterocycles. The Kier molecular flexibility index (Phi) is 4.67. The van der Waals surface area contributed by atoms with Crippen molar-refractivity contribution in [1.82, 2.24) is 4.72 Å². The smallest absolute Gasteiger partial charge is 0.241 e. The van der Waals surface area contributed by atoms with Crippen LogP contribution >= 0.6 is 0 Å². The molecule has 0 unspecified atom stereocenters. The molecule has 0 saturated carbocycles. The molecule has 6 heteroatoms. The quantitative estimate of drug-likeness (QED) is 0.920. The highest BCUT2D eigenvalue weighted by Crippen LogP contribution is 2.26. The first-order chi connectivity index (χ1) is 9.44. The normalized spacial score (nSPS) is 17.1. The van der Waals surface area contributed by atoms with Gasteiger partial charge in [-0.05, 0) is 49.9 Å². The van der Waals surface area contributed by atoms with Gasteiger partial charge in [-0.15, -0.1) is 0 Å². The van der Waals surface area contributed by atoms with Crippen molar-refractivity contribution in [3.8, 4) is 5.75 Å². The molecule has 0 spiro atoms. The van der Waals surface area contributed by atoms with E-state index in [0.717, 1.165) is 0 Å². The van der Waals surface area contributed by atoms with E-state index in [1.54, 1.807) is 33.1 Å². The van der Waals surface area contributed by atoms with Crippen LogP contribution in [0.1, 0.15) is 24.0 Å². The Hall–Kier alpha value is -1.11. The zero-order chi connectivity index (χ0) is 14.8. The van der Waals surface area contributed by atoms with Crippen LogP contribution < -0.4 is 9.46 Å². The summed E-state index contributed by atoms with van der Waals surface area (Å²) in [5.74, 6) is 0.671. The lowest BCUT2D eigenvalue weighted by Gasteiger charge is -2.24. The minimum Gasteiger partial charge on any atom is -0.497 e. The van der Waals surface area contributed by atoms with Gasteiger partial charge in [-0.1, -0.05) is 0 Å². The maximum atomic E-state index is 12.5. The van der Waals surface area contributed by atoms with Crippen LogP contribution in [0.4, 0.5) is 0 Å². The molecule has 20 heavy (non-hydrogen) atoms. The monoisotopic (exact) mass is 299 g/mol. The summed E-state index contributed by atoms with van der Waals surface area (Å²) < 4.78 is 38.3. The van der Waals surface area contributed by atoms with E-state index < -0.39 is 10.0 Å². The summed E-state index contributed by atoms with van der Waals surface area (Å²) in [7, 11) is -1.94. The molecule has 0 radical (unpaired) electrons. The van der Waals surface area contributed by atoms with Crippen molar-refractivity contribution in [1.29, 1.82) is 0 Å². The minimum atomic E-state index is -3.51. The van der Waals surface area contributed by atoms with E-state index in [9.17, 15) is 8.42 Å². The van der Waals surface area contributed by atoms with Crippen molar-refractivity contribution in [2.24, 2.45) is 0 Å². The summed E-state index contributed by atoms with van der Waals surface area (Å²) in [5.41, 5.74) is 1.39. The van der Waals surface area contributed by atoms with Crippen LogP contribution in [0, 0.1) is 13.8 Å². The number of hydrogen-bond acceptors (Lipinski definition) is 4. The van der Waals surface area contributed by atoms with Crippen LogP contribution in [0.15, 0.2) is 17.0 Å². The van der Waals surface area contributed by atoms with E-state index in [1.165, 1.54) is 0 Å². The fourth-order valence-corrected chi connectivity index (χ4v) is 4.30. The Labute approximate surface area is 120 Å². The van der Waals surface area contributed by atoms with Gasteiger partial charge < -0.3 is 9.47 Å². The molecule has 1 aromatic rings. The van der Waals surface area contributed by atoms with E-state index in [4.69, 9.17) is 9.47 Å². The first-order valence-electron chi connectivity index (χ1n) is 6.69. The summed E-state index contributed by atoms with van der Waals surface area (Å²) in [6, 6.07) is 3.44. The number of rotatable bonds is 4. The second kappa shape index (κ2) is 6.11. The van der Waals surface area contributed by atoms with Crippen LogP contribution in [0.25, 0.3) is 0 Å². The van der Waals surface area contributed by atoms with Crippen LogP contribution in [0.2, 0.25) is 0 Å². The Morgan fingerprint density at radius 2 is 1.75 bits per heavy atom. The Morgan fingerprint density at radius 1 is 1.20 bits per heavy atom. The summed E-state index contributed by atoms with van der Waals surface area (Å²) in [5, 5.41) is 0. The van der Waals surface area contributed by atoms with E-state index in [1.807, 2.05) is 0 Å². The SMILES string of the molecule is COc1cc(C)c(S(=O)(=O)NC2CCOCC2)c(C)c1. The number of sulfonamides is 1. The van der Waals surface area contributed by atoms with E-state index in [0.29, 0.717) is 47.8 Å². The molecule has 1 N–H and O–H groups in total. The minimum absolute atomic E-state index is 0.0466. The third kappa shape index (κ3) is 3.31. The maximum absolute atomic E-state index is 12.5. The number of aryl methyl sites for hydroxylation is 2. The molecule has 0 atom stereocenters. The fraction of sp³-hybridized carbons (Fsp3) is 0.571. The molecule has 1 fully saturated rings. The first kappa shape index (κ1) is 15.3. The van der Waals surface area contributed by atoms with Gasteiger partial charge in [0, 0.05) is 19.3 Å². The molecule has 1 aliphatic heterocycles. The fourth-order valence-electron chi connectivity index (χ4n) is 2.55. The van der Waals surface area contributed by atoms with Crippen molar-refractivity contribution in [2.45, 2.75) is 37.6 Å². The molecule has 0 aliphatic carbocycles. The molecule has 1 saturated heterocycles. The molecule has 5 nitrogen and oxygen atoms in total. The summed E-state index contributed by atoms with van der Waals surface area (Å²) in [4.78, 5) is 0.352. The Bertz CT molecular complexity index is 554. The Balaban J connectivity index is 2.29. The standard InChI is InChI=1S/C14H21NO4S/c1-10-8-13(18-3)9-11(2)14(10)20(16,17)15-12-4-6-19-7-5-12/h8-9,12,15H,4-7H2,1-3H3. The molecule has 112 valence electrons. The molecule has 2 rings (SSSR count). The van der Waals surface area contributed by atoms with Gasteiger partial charge in [0.25, 0.3) is 0 Å².